The summed E-state index contributed by atoms with van der Waals surface area (Å²) in [5, 5.41) is 12.9. The van der Waals surface area contributed by atoms with E-state index in [2.05, 4.69) is 10.1 Å². The maximum atomic E-state index is 11.1. The molecule has 6 heteroatoms. The van der Waals surface area contributed by atoms with Gasteiger partial charge in [-0.05, 0) is 37.1 Å². The Morgan fingerprint density at radius 2 is 2.10 bits per heavy atom. The van der Waals surface area contributed by atoms with Crippen LogP contribution in [0, 0.1) is 13.8 Å². The molecule has 102 valence electrons. The van der Waals surface area contributed by atoms with E-state index in [0.717, 1.165) is 22.2 Å². The zero-order valence-corrected chi connectivity index (χ0v) is 11.1. The van der Waals surface area contributed by atoms with Crippen LogP contribution in [0.4, 0.5) is 0 Å². The van der Waals surface area contributed by atoms with Gasteiger partial charge in [0.2, 0.25) is 0 Å². The Labute approximate surface area is 114 Å². The van der Waals surface area contributed by atoms with E-state index >= 15 is 0 Å². The minimum absolute atomic E-state index is 0.165. The standard InChI is InChI=1S/C14H13N3O3/c1-8-5-11-12(6-9(8)2)17(7-13(18)19)14(15-11)10-3-4-20-16-10/h3-6H,7H2,1-2H3,(H,18,19). The van der Waals surface area contributed by atoms with Crippen molar-refractivity contribution in [3.8, 4) is 11.5 Å². The van der Waals surface area contributed by atoms with E-state index in [-0.39, 0.29) is 6.54 Å². The molecule has 0 radical (unpaired) electrons. The van der Waals surface area contributed by atoms with Crippen molar-refractivity contribution in [2.45, 2.75) is 20.4 Å². The van der Waals surface area contributed by atoms with Crippen LogP contribution in [-0.2, 0) is 11.3 Å². The molecule has 1 N–H and O–H groups in total. The molecule has 0 aliphatic rings. The van der Waals surface area contributed by atoms with Crippen LogP contribution in [0.2, 0.25) is 0 Å². The molecule has 0 amide bonds. The first-order valence-corrected chi connectivity index (χ1v) is 6.16. The van der Waals surface area contributed by atoms with Crippen LogP contribution >= 0.6 is 0 Å². The van der Waals surface area contributed by atoms with Crippen molar-refractivity contribution in [1.82, 2.24) is 14.7 Å². The predicted molar refractivity (Wildman–Crippen MR) is 72.3 cm³/mol. The van der Waals surface area contributed by atoms with E-state index in [9.17, 15) is 4.79 Å². The number of fused-ring (bicyclic) bond motifs is 1. The van der Waals surface area contributed by atoms with Gasteiger partial charge in [-0.25, -0.2) is 4.98 Å². The minimum Gasteiger partial charge on any atom is -0.480 e. The Morgan fingerprint density at radius 3 is 2.75 bits per heavy atom. The molecule has 0 aliphatic heterocycles. The molecule has 20 heavy (non-hydrogen) atoms. The van der Waals surface area contributed by atoms with Crippen molar-refractivity contribution < 1.29 is 14.4 Å². The Morgan fingerprint density at radius 1 is 1.35 bits per heavy atom. The summed E-state index contributed by atoms with van der Waals surface area (Å²) in [5.74, 6) is -0.423. The molecule has 0 bridgehead atoms. The van der Waals surface area contributed by atoms with Gasteiger partial charge in [-0.15, -0.1) is 0 Å². The van der Waals surface area contributed by atoms with Gasteiger partial charge in [0, 0.05) is 6.07 Å². The average Bonchev–Trinajstić information content (AvgIpc) is 2.99. The lowest BCUT2D eigenvalue weighted by Crippen LogP contribution is -2.10. The summed E-state index contributed by atoms with van der Waals surface area (Å²) in [6.45, 7) is 3.82. The van der Waals surface area contributed by atoms with E-state index < -0.39 is 5.97 Å². The molecule has 0 saturated carbocycles. The number of carbonyl (C=O) groups is 1. The molecule has 6 nitrogen and oxygen atoms in total. The number of aliphatic carboxylic acids is 1. The number of rotatable bonds is 3. The Balaban J connectivity index is 2.30. The molecular formula is C14H13N3O3. The van der Waals surface area contributed by atoms with Gasteiger partial charge < -0.3 is 14.2 Å². The van der Waals surface area contributed by atoms with Crippen LogP contribution in [0.5, 0.6) is 0 Å². The first-order chi connectivity index (χ1) is 9.56. The predicted octanol–water partition coefficient (Wildman–Crippen LogP) is 2.39. The van der Waals surface area contributed by atoms with Gasteiger partial charge in [0.1, 0.15) is 18.5 Å². The van der Waals surface area contributed by atoms with Crippen molar-refractivity contribution in [3.05, 3.63) is 35.6 Å². The largest absolute Gasteiger partial charge is 0.480 e. The zero-order valence-electron chi connectivity index (χ0n) is 11.1. The van der Waals surface area contributed by atoms with Gasteiger partial charge in [-0.3, -0.25) is 4.79 Å². The smallest absolute Gasteiger partial charge is 0.323 e. The summed E-state index contributed by atoms with van der Waals surface area (Å²) in [6, 6.07) is 5.57. The van der Waals surface area contributed by atoms with Crippen molar-refractivity contribution in [2.75, 3.05) is 0 Å². The Bertz CT molecular complexity index is 788. The van der Waals surface area contributed by atoms with Crippen LogP contribution in [0.3, 0.4) is 0 Å². The molecule has 2 heterocycles. The Hall–Kier alpha value is -2.63. The average molecular weight is 271 g/mol. The molecule has 0 unspecified atom stereocenters. The maximum Gasteiger partial charge on any atom is 0.323 e. The van der Waals surface area contributed by atoms with Gasteiger partial charge in [-0.1, -0.05) is 5.16 Å². The molecule has 0 saturated heterocycles. The third-order valence-electron chi connectivity index (χ3n) is 3.32. The van der Waals surface area contributed by atoms with Gasteiger partial charge >= 0.3 is 5.97 Å². The lowest BCUT2D eigenvalue weighted by Gasteiger charge is -2.05. The SMILES string of the molecule is Cc1cc2nc(-c3ccon3)n(CC(=O)O)c2cc1C. The first kappa shape index (κ1) is 12.4. The maximum absolute atomic E-state index is 11.1. The molecule has 0 fully saturated rings. The number of aromatic nitrogens is 3. The van der Waals surface area contributed by atoms with Crippen LogP contribution in [-0.4, -0.2) is 25.8 Å². The number of nitrogens with zero attached hydrogens (tertiary/aromatic N) is 3. The van der Waals surface area contributed by atoms with Gasteiger partial charge in [-0.2, -0.15) is 0 Å². The monoisotopic (exact) mass is 271 g/mol. The number of imidazole rings is 1. The number of benzene rings is 1. The number of carboxylic acids is 1. The van der Waals surface area contributed by atoms with E-state index in [0.29, 0.717) is 11.5 Å². The second-order valence-electron chi connectivity index (χ2n) is 4.73. The van der Waals surface area contributed by atoms with Crippen molar-refractivity contribution in [2.24, 2.45) is 0 Å². The quantitative estimate of drug-likeness (QED) is 0.791. The molecule has 3 rings (SSSR count). The van der Waals surface area contributed by atoms with Crippen molar-refractivity contribution >= 4 is 17.0 Å². The van der Waals surface area contributed by atoms with E-state index in [1.807, 2.05) is 26.0 Å². The summed E-state index contributed by atoms with van der Waals surface area (Å²) >= 11 is 0. The highest BCUT2D eigenvalue weighted by molar-refractivity contribution is 5.83. The number of aryl methyl sites for hydroxylation is 2. The lowest BCUT2D eigenvalue weighted by molar-refractivity contribution is -0.137. The molecule has 0 aliphatic carbocycles. The normalized spacial score (nSPS) is 11.1. The lowest BCUT2D eigenvalue weighted by atomic mass is 10.1. The number of hydrogen-bond acceptors (Lipinski definition) is 4. The summed E-state index contributed by atoms with van der Waals surface area (Å²) in [5.41, 5.74) is 4.28. The number of carboxylic acid groups (broad SMARTS) is 1. The molecule has 3 aromatic rings. The van der Waals surface area contributed by atoms with Crippen LogP contribution in [0.15, 0.2) is 29.0 Å². The third kappa shape index (κ3) is 1.95. The molecular weight excluding hydrogens is 258 g/mol. The summed E-state index contributed by atoms with van der Waals surface area (Å²) in [6.07, 6.45) is 1.44. The van der Waals surface area contributed by atoms with Crippen LogP contribution in [0.1, 0.15) is 11.1 Å². The Kier molecular flexibility index (Phi) is 2.78. The summed E-state index contributed by atoms with van der Waals surface area (Å²) in [7, 11) is 0. The summed E-state index contributed by atoms with van der Waals surface area (Å²) < 4.78 is 6.46. The second-order valence-corrected chi connectivity index (χ2v) is 4.73. The zero-order chi connectivity index (χ0) is 14.3. The molecule has 1 aromatic carbocycles. The third-order valence-corrected chi connectivity index (χ3v) is 3.32. The fourth-order valence-corrected chi connectivity index (χ4v) is 2.20. The van der Waals surface area contributed by atoms with Gasteiger partial charge in [0.15, 0.2) is 5.82 Å². The second kappa shape index (κ2) is 4.48. The number of hydrogen-bond donors (Lipinski definition) is 1. The highest BCUT2D eigenvalue weighted by atomic mass is 16.5. The molecule has 2 aromatic heterocycles. The van der Waals surface area contributed by atoms with Gasteiger partial charge in [0.25, 0.3) is 0 Å². The van der Waals surface area contributed by atoms with Crippen molar-refractivity contribution in [1.29, 1.82) is 0 Å². The van der Waals surface area contributed by atoms with E-state index in [4.69, 9.17) is 9.63 Å². The van der Waals surface area contributed by atoms with Crippen LogP contribution in [0.25, 0.3) is 22.6 Å². The molecule has 0 atom stereocenters. The molecule has 0 spiro atoms. The van der Waals surface area contributed by atoms with Crippen LogP contribution < -0.4 is 0 Å². The minimum atomic E-state index is -0.924. The van der Waals surface area contributed by atoms with Gasteiger partial charge in [0.05, 0.1) is 11.0 Å². The fourth-order valence-electron chi connectivity index (χ4n) is 2.20. The van der Waals surface area contributed by atoms with Crippen molar-refractivity contribution in [3.63, 3.8) is 0 Å². The summed E-state index contributed by atoms with van der Waals surface area (Å²) in [4.78, 5) is 15.6. The highest BCUT2D eigenvalue weighted by Gasteiger charge is 2.17. The topological polar surface area (TPSA) is 81.2 Å². The van der Waals surface area contributed by atoms with E-state index in [1.54, 1.807) is 10.6 Å². The highest BCUT2D eigenvalue weighted by Crippen LogP contribution is 2.26. The fraction of sp³-hybridized carbons (Fsp3) is 0.214. The first-order valence-electron chi connectivity index (χ1n) is 6.16. The van der Waals surface area contributed by atoms with E-state index in [1.165, 1.54) is 6.26 Å².